The summed E-state index contributed by atoms with van der Waals surface area (Å²) in [6, 6.07) is 12.4. The molecule has 25 heavy (non-hydrogen) atoms. The number of rotatable bonds is 3. The van der Waals surface area contributed by atoms with E-state index < -0.39 is 5.91 Å². The summed E-state index contributed by atoms with van der Waals surface area (Å²) in [5.41, 5.74) is 2.12. The Bertz CT molecular complexity index is 967. The van der Waals surface area contributed by atoms with Gasteiger partial charge in [-0.3, -0.25) is 4.79 Å². The number of amides is 1. The molecule has 7 heteroatoms. The Balaban J connectivity index is 1.63. The number of hydrogen-bond donors (Lipinski definition) is 1. The molecular weight excluding hydrogens is 344 g/mol. The predicted octanol–water partition coefficient (Wildman–Crippen LogP) is 4.15. The third-order valence-corrected chi connectivity index (χ3v) is 4.21. The Morgan fingerprint density at radius 2 is 2.12 bits per heavy atom. The van der Waals surface area contributed by atoms with Gasteiger partial charge in [0.25, 0.3) is 5.91 Å². The summed E-state index contributed by atoms with van der Waals surface area (Å²) in [6.07, 6.45) is 0. The number of aromatic nitrogens is 1. The average molecular weight is 357 g/mol. The van der Waals surface area contributed by atoms with Gasteiger partial charge in [-0.25, -0.2) is 0 Å². The Hall–Kier alpha value is -2.99. The van der Waals surface area contributed by atoms with Gasteiger partial charge in [0.05, 0.1) is 23.3 Å². The Labute approximate surface area is 148 Å². The highest BCUT2D eigenvalue weighted by Gasteiger charge is 2.28. The van der Waals surface area contributed by atoms with Crippen molar-refractivity contribution in [2.24, 2.45) is 0 Å². The smallest absolute Gasteiger partial charge is 0.278 e. The number of hydrogen-bond acceptors (Lipinski definition) is 5. The second-order valence-corrected chi connectivity index (χ2v) is 5.83. The van der Waals surface area contributed by atoms with Crippen molar-refractivity contribution in [1.29, 1.82) is 0 Å². The number of benzene rings is 2. The van der Waals surface area contributed by atoms with E-state index in [-0.39, 0.29) is 12.3 Å². The van der Waals surface area contributed by atoms with Crippen LogP contribution in [-0.4, -0.2) is 18.2 Å². The van der Waals surface area contributed by atoms with E-state index in [1.54, 1.807) is 18.2 Å². The van der Waals surface area contributed by atoms with Crippen molar-refractivity contribution >= 4 is 23.2 Å². The van der Waals surface area contributed by atoms with Crippen LogP contribution in [0.5, 0.6) is 11.5 Å². The topological polar surface area (TPSA) is 73.6 Å². The van der Waals surface area contributed by atoms with Crippen LogP contribution in [0.15, 0.2) is 47.0 Å². The Kier molecular flexibility index (Phi) is 3.82. The van der Waals surface area contributed by atoms with Gasteiger partial charge in [0.15, 0.2) is 11.5 Å². The summed E-state index contributed by atoms with van der Waals surface area (Å²) in [7, 11) is 1.53. The molecule has 3 aromatic rings. The molecule has 1 N–H and O–H groups in total. The van der Waals surface area contributed by atoms with Gasteiger partial charge in [-0.2, -0.15) is 0 Å². The zero-order chi connectivity index (χ0) is 17.4. The zero-order valence-electron chi connectivity index (χ0n) is 13.2. The molecule has 0 fully saturated rings. The van der Waals surface area contributed by atoms with Crippen molar-refractivity contribution < 1.29 is 18.8 Å². The van der Waals surface area contributed by atoms with E-state index in [1.165, 1.54) is 7.11 Å². The normalized spacial score (nSPS) is 11.9. The highest BCUT2D eigenvalue weighted by atomic mass is 35.5. The third-order valence-electron chi connectivity index (χ3n) is 3.92. The number of para-hydroxylation sites is 1. The minimum atomic E-state index is -0.394. The van der Waals surface area contributed by atoms with Crippen LogP contribution in [0.2, 0.25) is 5.02 Å². The van der Waals surface area contributed by atoms with Gasteiger partial charge in [-0.15, -0.1) is 0 Å². The zero-order valence-corrected chi connectivity index (χ0v) is 14.0. The molecule has 1 aromatic heterocycles. The Morgan fingerprint density at radius 1 is 1.28 bits per heavy atom. The quantitative estimate of drug-likeness (QED) is 0.763. The second-order valence-electron chi connectivity index (χ2n) is 5.43. The van der Waals surface area contributed by atoms with Gasteiger partial charge in [-0.1, -0.05) is 28.9 Å². The number of methoxy groups -OCH3 is 1. The lowest BCUT2D eigenvalue weighted by atomic mass is 10.0. The van der Waals surface area contributed by atoms with Gasteiger partial charge in [0.2, 0.25) is 0 Å². The summed E-state index contributed by atoms with van der Waals surface area (Å²) in [5.74, 6) is 1.40. The molecule has 0 radical (unpaired) electrons. The molecular formula is C18H13ClN2O4. The molecule has 0 saturated carbocycles. The number of anilines is 1. The monoisotopic (exact) mass is 356 g/mol. The van der Waals surface area contributed by atoms with Gasteiger partial charge in [-0.05, 0) is 30.3 Å². The van der Waals surface area contributed by atoms with Crippen LogP contribution in [-0.2, 0) is 6.61 Å². The molecule has 1 aliphatic rings. The summed E-state index contributed by atoms with van der Waals surface area (Å²) >= 11 is 6.08. The fourth-order valence-electron chi connectivity index (χ4n) is 2.70. The molecule has 0 atom stereocenters. The largest absolute Gasteiger partial charge is 0.495 e. The highest BCUT2D eigenvalue weighted by Crippen LogP contribution is 2.38. The van der Waals surface area contributed by atoms with E-state index in [2.05, 4.69) is 10.5 Å². The molecule has 0 aliphatic carbocycles. The van der Waals surface area contributed by atoms with E-state index in [9.17, 15) is 4.79 Å². The second kappa shape index (κ2) is 6.14. The highest BCUT2D eigenvalue weighted by molar-refractivity contribution is 6.32. The summed E-state index contributed by atoms with van der Waals surface area (Å²) < 4.78 is 16.2. The van der Waals surface area contributed by atoms with Crippen molar-refractivity contribution in [3.63, 3.8) is 0 Å². The lowest BCUT2D eigenvalue weighted by molar-refractivity contribution is 0.101. The van der Waals surface area contributed by atoms with Crippen molar-refractivity contribution in [1.82, 2.24) is 5.16 Å². The number of carbonyl (C=O) groups is 1. The molecule has 1 amide bonds. The lowest BCUT2D eigenvalue weighted by Gasteiger charge is -2.15. The molecule has 0 bridgehead atoms. The van der Waals surface area contributed by atoms with Gasteiger partial charge in [0, 0.05) is 5.69 Å². The van der Waals surface area contributed by atoms with Crippen LogP contribution in [0, 0.1) is 0 Å². The molecule has 0 unspecified atom stereocenters. The number of carbonyl (C=O) groups excluding carboxylic acids is 1. The maximum atomic E-state index is 12.6. The van der Waals surface area contributed by atoms with Crippen molar-refractivity contribution in [3.05, 3.63) is 58.7 Å². The fourth-order valence-corrected chi connectivity index (χ4v) is 2.96. The standard InChI is InChI=1S/C18H13ClN2O4/c1-23-15-7-6-10(8-13(15)19)20-18(22)16-12-9-24-14-5-3-2-4-11(14)17(12)25-21-16/h2-8H,9H2,1H3,(H,20,22). The van der Waals surface area contributed by atoms with E-state index in [0.717, 1.165) is 5.56 Å². The van der Waals surface area contributed by atoms with Gasteiger partial charge >= 0.3 is 0 Å². The molecule has 2 heterocycles. The summed E-state index contributed by atoms with van der Waals surface area (Å²) in [6.45, 7) is 0.224. The van der Waals surface area contributed by atoms with Crippen LogP contribution < -0.4 is 14.8 Å². The van der Waals surface area contributed by atoms with Gasteiger partial charge < -0.3 is 19.3 Å². The predicted molar refractivity (Wildman–Crippen MR) is 92.2 cm³/mol. The van der Waals surface area contributed by atoms with E-state index in [4.69, 9.17) is 25.6 Å². The molecule has 1 aliphatic heterocycles. The van der Waals surface area contributed by atoms with Crippen LogP contribution in [0.3, 0.4) is 0 Å². The summed E-state index contributed by atoms with van der Waals surface area (Å²) in [4.78, 5) is 12.6. The first-order valence-electron chi connectivity index (χ1n) is 7.53. The first-order chi connectivity index (χ1) is 12.2. The van der Waals surface area contributed by atoms with Crippen molar-refractivity contribution in [2.75, 3.05) is 12.4 Å². The minimum Gasteiger partial charge on any atom is -0.495 e. The van der Waals surface area contributed by atoms with Crippen LogP contribution in [0.25, 0.3) is 11.3 Å². The first-order valence-corrected chi connectivity index (χ1v) is 7.91. The van der Waals surface area contributed by atoms with E-state index >= 15 is 0 Å². The summed E-state index contributed by atoms with van der Waals surface area (Å²) in [5, 5.41) is 7.08. The molecule has 2 aromatic carbocycles. The molecule has 0 spiro atoms. The van der Waals surface area contributed by atoms with E-state index in [1.807, 2.05) is 24.3 Å². The number of nitrogens with one attached hydrogen (secondary N) is 1. The number of nitrogens with zero attached hydrogens (tertiary/aromatic N) is 1. The van der Waals surface area contributed by atoms with Gasteiger partial charge in [0.1, 0.15) is 18.1 Å². The molecule has 0 saturated heterocycles. The molecule has 6 nitrogen and oxygen atoms in total. The number of halogens is 1. The fraction of sp³-hybridized carbons (Fsp3) is 0.111. The number of ether oxygens (including phenoxy) is 2. The Morgan fingerprint density at radius 3 is 2.92 bits per heavy atom. The SMILES string of the molecule is COc1ccc(NC(=O)c2noc3c2COc2ccccc2-3)cc1Cl. The maximum absolute atomic E-state index is 12.6. The van der Waals surface area contributed by atoms with Crippen LogP contribution in [0.1, 0.15) is 16.1 Å². The van der Waals surface area contributed by atoms with Crippen LogP contribution in [0.4, 0.5) is 5.69 Å². The number of fused-ring (bicyclic) bond motifs is 3. The van der Waals surface area contributed by atoms with Crippen LogP contribution >= 0.6 is 11.6 Å². The lowest BCUT2D eigenvalue weighted by Crippen LogP contribution is -2.16. The minimum absolute atomic E-state index is 0.191. The van der Waals surface area contributed by atoms with Crippen molar-refractivity contribution in [2.45, 2.75) is 6.61 Å². The third kappa shape index (κ3) is 2.70. The van der Waals surface area contributed by atoms with E-state index in [0.29, 0.717) is 33.5 Å². The molecule has 126 valence electrons. The van der Waals surface area contributed by atoms with Crippen molar-refractivity contribution in [3.8, 4) is 22.8 Å². The average Bonchev–Trinajstić information content (AvgIpc) is 3.06. The first kappa shape index (κ1) is 15.5. The molecule has 4 rings (SSSR count). The maximum Gasteiger partial charge on any atom is 0.278 e.